The number of hydrogen-bond donors (Lipinski definition) is 1. The second-order valence-corrected chi connectivity index (χ2v) is 16.1. The van der Waals surface area contributed by atoms with E-state index in [1.54, 1.807) is 16.8 Å². The topological polar surface area (TPSA) is 94.5 Å². The number of benzene rings is 1. The van der Waals surface area contributed by atoms with Crippen molar-refractivity contribution >= 4 is 40.4 Å². The van der Waals surface area contributed by atoms with Crippen LogP contribution in [0.2, 0.25) is 0 Å². The van der Waals surface area contributed by atoms with Gasteiger partial charge in [-0.15, -0.1) is 11.8 Å². The smallest absolute Gasteiger partial charge is 0.327 e. The Labute approximate surface area is 274 Å². The largest absolute Gasteiger partial charge is 0.368 e. The Morgan fingerprint density at radius 2 is 1.78 bits per heavy atom. The zero-order valence-electron chi connectivity index (χ0n) is 27.7. The molecule has 3 aliphatic rings. The summed E-state index contributed by atoms with van der Waals surface area (Å²) < 4.78 is 17.5. The molecule has 0 aliphatic carbocycles. The summed E-state index contributed by atoms with van der Waals surface area (Å²) in [6.07, 6.45) is 4.99. The standard InChI is InChI=1S/C35H47FN6O3S/c1-22-18-23(2)21-40(20-22)30-25(8-6-9-26(30)36)33-41(17-13-35(3,4)5)32(44)28(46-33)19-29(43)39-15-11-24(12-16-39)42-27-10-7-14-37-31(27)38-34(42)45/h6-10,14,22-24,28,33H,11-13,15-21H2,1-5H3,(H,37,38,45)/t22-,23+,28-,33-/m0/s1. The third-order valence-electron chi connectivity index (χ3n) is 9.74. The number of fused-ring (bicyclic) bond motifs is 1. The van der Waals surface area contributed by atoms with Crippen molar-refractivity contribution in [1.29, 1.82) is 0 Å². The van der Waals surface area contributed by atoms with Gasteiger partial charge in [0.1, 0.15) is 11.2 Å². The quantitative estimate of drug-likeness (QED) is 0.338. The number of piperidine rings is 2. The Hall–Kier alpha value is -3.34. The van der Waals surface area contributed by atoms with Gasteiger partial charge in [0.2, 0.25) is 11.8 Å². The van der Waals surface area contributed by atoms with Crippen LogP contribution in [0.15, 0.2) is 41.3 Å². The number of thioether (sulfide) groups is 1. The molecule has 2 amide bonds. The molecule has 3 aromatic rings. The van der Waals surface area contributed by atoms with Gasteiger partial charge in [-0.25, -0.2) is 14.2 Å². The molecular formula is C35H47FN6O3S. The lowest BCUT2D eigenvalue weighted by molar-refractivity contribution is -0.136. The van der Waals surface area contributed by atoms with Crippen molar-refractivity contribution < 1.29 is 14.0 Å². The summed E-state index contributed by atoms with van der Waals surface area (Å²) >= 11 is 1.49. The SMILES string of the molecule is C[C@@H]1C[C@H](C)CN(c2c(F)cccc2[C@@H]2S[C@@H](CC(=O)N3CCC(n4c(=O)[nH]c5ncccc54)CC3)C(=O)N2CCC(C)(C)C)C1. The number of imidazole rings is 1. The van der Waals surface area contributed by atoms with E-state index >= 15 is 4.39 Å². The Balaban J connectivity index is 1.19. The number of hydrogen-bond acceptors (Lipinski definition) is 6. The lowest BCUT2D eigenvalue weighted by atomic mass is 9.90. The highest BCUT2D eigenvalue weighted by molar-refractivity contribution is 8.01. The molecular weight excluding hydrogens is 603 g/mol. The first-order valence-electron chi connectivity index (χ1n) is 16.7. The minimum absolute atomic E-state index is 0.0130. The third kappa shape index (κ3) is 6.71. The first kappa shape index (κ1) is 32.6. The molecule has 0 saturated carbocycles. The summed E-state index contributed by atoms with van der Waals surface area (Å²) in [5.74, 6) is 0.552. The summed E-state index contributed by atoms with van der Waals surface area (Å²) in [4.78, 5) is 53.4. The highest BCUT2D eigenvalue weighted by Crippen LogP contribution is 2.49. The second-order valence-electron chi connectivity index (χ2n) is 14.8. The van der Waals surface area contributed by atoms with Gasteiger partial charge in [-0.2, -0.15) is 0 Å². The van der Waals surface area contributed by atoms with E-state index in [9.17, 15) is 14.4 Å². The summed E-state index contributed by atoms with van der Waals surface area (Å²) in [5.41, 5.74) is 2.60. The average Bonchev–Trinajstić information content (AvgIpc) is 3.50. The zero-order chi connectivity index (χ0) is 32.7. The molecule has 2 aromatic heterocycles. The average molecular weight is 651 g/mol. The molecule has 1 N–H and O–H groups in total. The van der Waals surface area contributed by atoms with E-state index in [2.05, 4.69) is 49.5 Å². The third-order valence-corrected chi connectivity index (χ3v) is 11.2. The van der Waals surface area contributed by atoms with Gasteiger partial charge < -0.3 is 14.7 Å². The van der Waals surface area contributed by atoms with E-state index in [4.69, 9.17) is 0 Å². The number of halogens is 1. The Morgan fingerprint density at radius 3 is 2.48 bits per heavy atom. The molecule has 3 fully saturated rings. The van der Waals surface area contributed by atoms with Crippen LogP contribution >= 0.6 is 11.8 Å². The maximum atomic E-state index is 15.7. The first-order chi connectivity index (χ1) is 21.9. The monoisotopic (exact) mass is 650 g/mol. The molecule has 5 heterocycles. The molecule has 3 aliphatic heterocycles. The summed E-state index contributed by atoms with van der Waals surface area (Å²) in [6, 6.07) is 8.92. The van der Waals surface area contributed by atoms with E-state index in [0.29, 0.717) is 55.6 Å². The lowest BCUT2D eigenvalue weighted by Crippen LogP contribution is -2.42. The normalized spacial score (nSPS) is 24.7. The van der Waals surface area contributed by atoms with Gasteiger partial charge in [0.15, 0.2) is 5.65 Å². The van der Waals surface area contributed by atoms with Crippen LogP contribution in [0.5, 0.6) is 0 Å². The fourth-order valence-electron chi connectivity index (χ4n) is 7.54. The lowest BCUT2D eigenvalue weighted by Gasteiger charge is -2.39. The van der Waals surface area contributed by atoms with Gasteiger partial charge >= 0.3 is 5.69 Å². The van der Waals surface area contributed by atoms with Crippen molar-refractivity contribution in [3.63, 3.8) is 0 Å². The number of aromatic nitrogens is 3. The first-order valence-corrected chi connectivity index (χ1v) is 17.7. The number of nitrogens with one attached hydrogen (secondary N) is 1. The summed E-state index contributed by atoms with van der Waals surface area (Å²) in [6.45, 7) is 14.1. The van der Waals surface area contributed by atoms with Crippen LogP contribution < -0.4 is 10.6 Å². The fraction of sp³-hybridized carbons (Fsp3) is 0.600. The van der Waals surface area contributed by atoms with Crippen LogP contribution in [0.3, 0.4) is 0 Å². The van der Waals surface area contributed by atoms with Crippen molar-refractivity contribution in [1.82, 2.24) is 24.3 Å². The van der Waals surface area contributed by atoms with Gasteiger partial charge in [-0.3, -0.25) is 19.1 Å². The van der Waals surface area contributed by atoms with Crippen molar-refractivity contribution in [3.05, 3.63) is 58.4 Å². The molecule has 1 aromatic carbocycles. The molecule has 9 nitrogen and oxygen atoms in total. The molecule has 6 rings (SSSR count). The maximum Gasteiger partial charge on any atom is 0.327 e. The number of carbonyl (C=O) groups excluding carboxylic acids is 2. The number of H-pyrrole nitrogens is 1. The van der Waals surface area contributed by atoms with E-state index in [1.165, 1.54) is 17.8 Å². The number of anilines is 1. The van der Waals surface area contributed by atoms with E-state index in [1.807, 2.05) is 28.0 Å². The number of pyridine rings is 1. The number of para-hydroxylation sites is 1. The minimum atomic E-state index is -0.534. The Kier molecular flexibility index (Phi) is 9.24. The minimum Gasteiger partial charge on any atom is -0.368 e. The van der Waals surface area contributed by atoms with Crippen molar-refractivity contribution in [2.75, 3.05) is 37.6 Å². The Morgan fingerprint density at radius 1 is 1.07 bits per heavy atom. The molecule has 0 unspecified atom stereocenters. The van der Waals surface area contributed by atoms with Crippen LogP contribution in [0.4, 0.5) is 10.1 Å². The Bertz CT molecular complexity index is 1630. The molecule has 46 heavy (non-hydrogen) atoms. The molecule has 11 heteroatoms. The highest BCUT2D eigenvalue weighted by atomic mass is 32.2. The number of nitrogens with zero attached hydrogens (tertiary/aromatic N) is 5. The summed E-state index contributed by atoms with van der Waals surface area (Å²) in [7, 11) is 0. The summed E-state index contributed by atoms with van der Waals surface area (Å²) in [5, 5.41) is -0.896. The van der Waals surface area contributed by atoms with E-state index in [0.717, 1.165) is 37.0 Å². The number of rotatable bonds is 7. The molecule has 3 saturated heterocycles. The van der Waals surface area contributed by atoms with Crippen molar-refractivity contribution in [3.8, 4) is 0 Å². The number of likely N-dealkylation sites (tertiary alicyclic amines) is 1. The predicted octanol–water partition coefficient (Wildman–Crippen LogP) is 5.98. The maximum absolute atomic E-state index is 15.7. The fourth-order valence-corrected chi connectivity index (χ4v) is 9.04. The van der Waals surface area contributed by atoms with Gasteiger partial charge in [0.05, 0.1) is 16.5 Å². The second kappa shape index (κ2) is 13.0. The van der Waals surface area contributed by atoms with Crippen LogP contribution in [-0.2, 0) is 9.59 Å². The van der Waals surface area contributed by atoms with Crippen molar-refractivity contribution in [2.45, 2.75) is 83.4 Å². The van der Waals surface area contributed by atoms with Crippen molar-refractivity contribution in [2.24, 2.45) is 17.3 Å². The van der Waals surface area contributed by atoms with Crippen LogP contribution in [0, 0.1) is 23.1 Å². The van der Waals surface area contributed by atoms with Gasteiger partial charge in [0, 0.05) is 56.9 Å². The van der Waals surface area contributed by atoms with Gasteiger partial charge in [-0.05, 0) is 61.1 Å². The van der Waals surface area contributed by atoms with E-state index in [-0.39, 0.29) is 46.6 Å². The van der Waals surface area contributed by atoms with Gasteiger partial charge in [-0.1, -0.05) is 46.8 Å². The van der Waals surface area contributed by atoms with Crippen LogP contribution in [0.25, 0.3) is 11.2 Å². The molecule has 0 spiro atoms. The predicted molar refractivity (Wildman–Crippen MR) is 181 cm³/mol. The zero-order valence-corrected chi connectivity index (χ0v) is 28.5. The van der Waals surface area contributed by atoms with Gasteiger partial charge in [0.25, 0.3) is 0 Å². The van der Waals surface area contributed by atoms with Crippen LogP contribution in [-0.4, -0.2) is 74.1 Å². The van der Waals surface area contributed by atoms with E-state index < -0.39 is 5.25 Å². The van der Waals surface area contributed by atoms with Crippen LogP contribution in [0.1, 0.15) is 83.7 Å². The highest BCUT2D eigenvalue weighted by Gasteiger charge is 2.44. The number of aromatic amines is 1. The molecule has 0 radical (unpaired) electrons. The molecule has 248 valence electrons. The number of carbonyl (C=O) groups is 2. The molecule has 0 bridgehead atoms. The number of amides is 2. The molecule has 4 atom stereocenters.